The van der Waals surface area contributed by atoms with E-state index in [9.17, 15) is 4.79 Å². The molecule has 3 aliphatic heterocycles. The summed E-state index contributed by atoms with van der Waals surface area (Å²) < 4.78 is 0. The van der Waals surface area contributed by atoms with E-state index in [4.69, 9.17) is 4.98 Å². The fourth-order valence-corrected chi connectivity index (χ4v) is 6.57. The first kappa shape index (κ1) is 22.0. The highest BCUT2D eigenvalue weighted by molar-refractivity contribution is 7.13. The molecule has 3 aromatic rings. The number of carbonyl (C=O) groups is 1. The number of nitrogens with zero attached hydrogens (tertiary/aromatic N) is 3. The summed E-state index contributed by atoms with van der Waals surface area (Å²) >= 11 is 1.74. The van der Waals surface area contributed by atoms with Crippen LogP contribution in [0.5, 0.6) is 0 Å². The van der Waals surface area contributed by atoms with E-state index in [1.54, 1.807) is 11.3 Å². The van der Waals surface area contributed by atoms with Crippen molar-refractivity contribution in [1.29, 1.82) is 0 Å². The highest BCUT2D eigenvalue weighted by atomic mass is 32.1. The predicted octanol–water partition coefficient (Wildman–Crippen LogP) is 4.90. The van der Waals surface area contributed by atoms with Gasteiger partial charge in [-0.2, -0.15) is 0 Å². The van der Waals surface area contributed by atoms with Crippen LogP contribution in [0.4, 0.5) is 0 Å². The molecule has 6 heteroatoms. The van der Waals surface area contributed by atoms with Crippen molar-refractivity contribution < 1.29 is 4.79 Å². The second-order valence-electron chi connectivity index (χ2n) is 9.91. The number of piperidine rings is 2. The smallest absolute Gasteiger partial charge is 0.254 e. The Kier molecular flexibility index (Phi) is 6.20. The van der Waals surface area contributed by atoms with Crippen LogP contribution in [-0.2, 0) is 13.1 Å². The van der Waals surface area contributed by atoms with Gasteiger partial charge < -0.3 is 10.2 Å². The van der Waals surface area contributed by atoms with Gasteiger partial charge in [-0.15, -0.1) is 11.3 Å². The molecule has 6 rings (SSSR count). The van der Waals surface area contributed by atoms with Gasteiger partial charge in [0.05, 0.1) is 5.69 Å². The fourth-order valence-electron chi connectivity index (χ4n) is 5.76. The third-order valence-electron chi connectivity index (χ3n) is 7.69. The van der Waals surface area contributed by atoms with Crippen LogP contribution in [0, 0.1) is 0 Å². The van der Waals surface area contributed by atoms with E-state index < -0.39 is 0 Å². The number of hydrogen-bond donors (Lipinski definition) is 1. The maximum Gasteiger partial charge on any atom is 0.254 e. The van der Waals surface area contributed by atoms with Crippen molar-refractivity contribution in [3.63, 3.8) is 0 Å². The molecule has 2 saturated heterocycles. The summed E-state index contributed by atoms with van der Waals surface area (Å²) in [5.41, 5.74) is 5.94. The van der Waals surface area contributed by atoms with Crippen LogP contribution in [-0.4, -0.2) is 52.9 Å². The number of nitrogens with one attached hydrogen (secondary N) is 1. The van der Waals surface area contributed by atoms with E-state index in [1.165, 1.54) is 35.2 Å². The van der Waals surface area contributed by atoms with Crippen molar-refractivity contribution in [2.45, 2.75) is 50.7 Å². The third kappa shape index (κ3) is 4.42. The Morgan fingerprint density at radius 1 is 1.06 bits per heavy atom. The second kappa shape index (κ2) is 9.61. The lowest BCUT2D eigenvalue weighted by atomic mass is 9.88. The number of rotatable bonds is 5. The van der Waals surface area contributed by atoms with Gasteiger partial charge in [0, 0.05) is 42.2 Å². The molecule has 3 aliphatic rings. The quantitative estimate of drug-likeness (QED) is 0.574. The average Bonchev–Trinajstić information content (AvgIpc) is 3.50. The lowest BCUT2D eigenvalue weighted by Gasteiger charge is -2.32. The normalized spacial score (nSPS) is 21.7. The van der Waals surface area contributed by atoms with Crippen molar-refractivity contribution in [2.75, 3.05) is 26.2 Å². The summed E-state index contributed by atoms with van der Waals surface area (Å²) in [6.07, 6.45) is 4.60. The van der Waals surface area contributed by atoms with Gasteiger partial charge in [0.2, 0.25) is 0 Å². The SMILES string of the molecule is O=C1c2ccc(C3CCN(Cc4csc(-c5ccccc5)n4)CC3)cc2CN1C1CCCNC1. The summed E-state index contributed by atoms with van der Waals surface area (Å²) in [5.74, 6) is 0.806. The average molecular weight is 473 g/mol. The summed E-state index contributed by atoms with van der Waals surface area (Å²) in [6.45, 7) is 5.90. The van der Waals surface area contributed by atoms with Crippen LogP contribution >= 0.6 is 11.3 Å². The highest BCUT2D eigenvalue weighted by Crippen LogP contribution is 2.34. The molecule has 2 fully saturated rings. The molecule has 0 saturated carbocycles. The maximum atomic E-state index is 13.0. The van der Waals surface area contributed by atoms with Gasteiger partial charge in [-0.3, -0.25) is 9.69 Å². The molecule has 176 valence electrons. The number of aromatic nitrogens is 1. The van der Waals surface area contributed by atoms with Crippen LogP contribution in [0.2, 0.25) is 0 Å². The molecule has 34 heavy (non-hydrogen) atoms. The van der Waals surface area contributed by atoms with Gasteiger partial charge in [0.15, 0.2) is 0 Å². The molecule has 5 nitrogen and oxygen atoms in total. The Labute approximate surface area is 205 Å². The summed E-state index contributed by atoms with van der Waals surface area (Å²) in [6, 6.07) is 17.4. The molecule has 2 aromatic carbocycles. The monoisotopic (exact) mass is 472 g/mol. The summed E-state index contributed by atoms with van der Waals surface area (Å²) in [5, 5.41) is 6.77. The van der Waals surface area contributed by atoms with E-state index in [1.807, 2.05) is 6.07 Å². The number of benzene rings is 2. The first-order chi connectivity index (χ1) is 16.7. The Morgan fingerprint density at radius 3 is 2.71 bits per heavy atom. The Hall–Kier alpha value is -2.54. The molecule has 0 bridgehead atoms. The molecule has 1 atom stereocenters. The van der Waals surface area contributed by atoms with E-state index in [0.29, 0.717) is 12.0 Å². The molecule has 1 N–H and O–H groups in total. The van der Waals surface area contributed by atoms with Gasteiger partial charge >= 0.3 is 0 Å². The zero-order chi connectivity index (χ0) is 22.9. The molecule has 1 aromatic heterocycles. The first-order valence-electron chi connectivity index (χ1n) is 12.6. The molecular weight excluding hydrogens is 440 g/mol. The zero-order valence-corrected chi connectivity index (χ0v) is 20.4. The second-order valence-corrected chi connectivity index (χ2v) is 10.8. The van der Waals surface area contributed by atoms with Crippen molar-refractivity contribution in [3.8, 4) is 10.6 Å². The minimum absolute atomic E-state index is 0.225. The van der Waals surface area contributed by atoms with E-state index >= 15 is 0 Å². The number of likely N-dealkylation sites (tertiary alicyclic amines) is 1. The van der Waals surface area contributed by atoms with Crippen LogP contribution < -0.4 is 5.32 Å². The molecule has 1 amide bonds. The van der Waals surface area contributed by atoms with Crippen LogP contribution in [0.1, 0.15) is 58.8 Å². The minimum Gasteiger partial charge on any atom is -0.330 e. The molecule has 0 spiro atoms. The van der Waals surface area contributed by atoms with Gasteiger partial charge in [0.1, 0.15) is 5.01 Å². The number of amides is 1. The summed E-state index contributed by atoms with van der Waals surface area (Å²) in [4.78, 5) is 22.5. The largest absolute Gasteiger partial charge is 0.330 e. The van der Waals surface area contributed by atoms with Gasteiger partial charge in [-0.25, -0.2) is 4.98 Å². The molecule has 0 aliphatic carbocycles. The van der Waals surface area contributed by atoms with Gasteiger partial charge in [0.25, 0.3) is 5.91 Å². The number of thiazole rings is 1. The topological polar surface area (TPSA) is 48.5 Å². The van der Waals surface area contributed by atoms with Crippen LogP contribution in [0.25, 0.3) is 10.6 Å². The van der Waals surface area contributed by atoms with E-state index in [0.717, 1.165) is 62.7 Å². The van der Waals surface area contributed by atoms with Crippen molar-refractivity contribution in [3.05, 3.63) is 76.3 Å². The van der Waals surface area contributed by atoms with Crippen molar-refractivity contribution >= 4 is 17.2 Å². The van der Waals surface area contributed by atoms with E-state index in [2.05, 4.69) is 63.0 Å². The standard InChI is InChI=1S/C28H32N4OS/c33-28-26-9-8-22(15-23(26)17-32(28)25-7-4-12-29-16-25)20-10-13-31(14-11-20)18-24-19-34-27(30-24)21-5-2-1-3-6-21/h1-3,5-6,8-9,15,19-20,25,29H,4,7,10-14,16-18H2. The van der Waals surface area contributed by atoms with Crippen LogP contribution in [0.15, 0.2) is 53.9 Å². The fraction of sp³-hybridized carbons (Fsp3) is 0.429. The lowest BCUT2D eigenvalue weighted by Crippen LogP contribution is -2.46. The molecule has 4 heterocycles. The Morgan fingerprint density at radius 2 is 1.91 bits per heavy atom. The zero-order valence-electron chi connectivity index (χ0n) is 19.6. The van der Waals surface area contributed by atoms with Crippen molar-refractivity contribution in [1.82, 2.24) is 20.1 Å². The third-order valence-corrected chi connectivity index (χ3v) is 8.63. The van der Waals surface area contributed by atoms with E-state index in [-0.39, 0.29) is 5.91 Å². The number of fused-ring (bicyclic) bond motifs is 1. The van der Waals surface area contributed by atoms with Gasteiger partial charge in [-0.1, -0.05) is 42.5 Å². The highest BCUT2D eigenvalue weighted by Gasteiger charge is 2.34. The summed E-state index contributed by atoms with van der Waals surface area (Å²) in [7, 11) is 0. The number of hydrogen-bond acceptors (Lipinski definition) is 5. The number of carbonyl (C=O) groups excluding carboxylic acids is 1. The Balaban J connectivity index is 1.06. The first-order valence-corrected chi connectivity index (χ1v) is 13.5. The minimum atomic E-state index is 0.225. The van der Waals surface area contributed by atoms with Crippen LogP contribution in [0.3, 0.4) is 0 Å². The predicted molar refractivity (Wildman–Crippen MR) is 137 cm³/mol. The lowest BCUT2D eigenvalue weighted by molar-refractivity contribution is 0.0674. The molecule has 0 radical (unpaired) electrons. The van der Waals surface area contributed by atoms with Crippen molar-refractivity contribution in [2.24, 2.45) is 0 Å². The Bertz CT molecular complexity index is 1150. The van der Waals surface area contributed by atoms with Gasteiger partial charge in [-0.05, 0) is 68.4 Å². The molecular formula is C28H32N4OS. The molecule has 1 unspecified atom stereocenters. The maximum absolute atomic E-state index is 13.0.